The molecule has 0 bridgehead atoms. The van der Waals surface area contributed by atoms with Gasteiger partial charge in [-0.05, 0) is 45.5 Å². The maximum absolute atomic E-state index is 4.15. The zero-order chi connectivity index (χ0) is 13.5. The van der Waals surface area contributed by atoms with Crippen LogP contribution in [0.15, 0.2) is 6.07 Å². The lowest BCUT2D eigenvalue weighted by Gasteiger charge is -2.23. The first-order chi connectivity index (χ1) is 8.56. The molecule has 1 unspecified atom stereocenters. The Morgan fingerprint density at radius 2 is 1.89 bits per heavy atom. The lowest BCUT2D eigenvalue weighted by Crippen LogP contribution is -2.38. The molecule has 0 aromatic carbocycles. The van der Waals surface area contributed by atoms with Crippen LogP contribution in [0.25, 0.3) is 0 Å². The Hall–Kier alpha value is -1.00. The Morgan fingerprint density at radius 1 is 1.22 bits per heavy atom. The number of hydrogen-bond acceptors (Lipinski definition) is 4. The van der Waals surface area contributed by atoms with Crippen molar-refractivity contribution in [2.45, 2.75) is 47.2 Å². The van der Waals surface area contributed by atoms with Crippen LogP contribution in [-0.2, 0) is 6.54 Å². The van der Waals surface area contributed by atoms with E-state index in [0.717, 1.165) is 37.6 Å². The second-order valence-corrected chi connectivity index (χ2v) is 4.86. The van der Waals surface area contributed by atoms with Crippen LogP contribution in [0.5, 0.6) is 0 Å². The highest BCUT2D eigenvalue weighted by molar-refractivity contribution is 5.19. The smallest absolute Gasteiger partial charge is 0.0645 e. The average Bonchev–Trinajstić information content (AvgIpc) is 2.37. The van der Waals surface area contributed by atoms with Crippen LogP contribution in [0.4, 0.5) is 0 Å². The normalized spacial score (nSPS) is 13.0. The zero-order valence-electron chi connectivity index (χ0n) is 12.3. The third-order valence-corrected chi connectivity index (χ3v) is 3.27. The van der Waals surface area contributed by atoms with Crippen LogP contribution in [0, 0.1) is 13.8 Å². The van der Waals surface area contributed by atoms with Crippen molar-refractivity contribution in [3.05, 3.63) is 23.0 Å². The van der Waals surface area contributed by atoms with Gasteiger partial charge in [-0.15, -0.1) is 0 Å². The Balaban J connectivity index is 2.46. The van der Waals surface area contributed by atoms with E-state index < -0.39 is 0 Å². The van der Waals surface area contributed by atoms with E-state index in [0.29, 0.717) is 6.04 Å². The number of aromatic nitrogens is 2. The minimum atomic E-state index is 0.484. The molecule has 0 saturated carbocycles. The Morgan fingerprint density at radius 3 is 2.50 bits per heavy atom. The van der Waals surface area contributed by atoms with Gasteiger partial charge in [0.05, 0.1) is 11.4 Å². The standard InChI is InChI=1S/C14H26N4/c1-6-18(7-2)10-12(4)15-9-14-8-11(3)16-17-13(14)5/h8,12,15H,6-7,9-10H2,1-5H3. The summed E-state index contributed by atoms with van der Waals surface area (Å²) in [5.41, 5.74) is 3.24. The van der Waals surface area contributed by atoms with Crippen molar-refractivity contribution in [1.82, 2.24) is 20.4 Å². The second kappa shape index (κ2) is 7.44. The van der Waals surface area contributed by atoms with Crippen molar-refractivity contribution in [3.8, 4) is 0 Å². The Kier molecular flexibility index (Phi) is 6.22. The molecule has 0 saturated heterocycles. The molecule has 0 aliphatic carbocycles. The van der Waals surface area contributed by atoms with Crippen molar-refractivity contribution in [2.24, 2.45) is 0 Å². The predicted octanol–water partition coefficient (Wildman–Crippen LogP) is 1.91. The van der Waals surface area contributed by atoms with Crippen LogP contribution >= 0.6 is 0 Å². The van der Waals surface area contributed by atoms with Crippen molar-refractivity contribution < 1.29 is 0 Å². The first kappa shape index (κ1) is 15.1. The molecule has 102 valence electrons. The van der Waals surface area contributed by atoms with E-state index in [1.165, 1.54) is 5.56 Å². The number of likely N-dealkylation sites (N-methyl/N-ethyl adjacent to an activating group) is 1. The summed E-state index contributed by atoms with van der Waals surface area (Å²) in [6, 6.07) is 2.59. The highest BCUT2D eigenvalue weighted by Gasteiger charge is 2.08. The molecule has 1 aromatic heterocycles. The first-order valence-electron chi connectivity index (χ1n) is 6.82. The number of nitrogens with zero attached hydrogens (tertiary/aromatic N) is 3. The molecule has 1 heterocycles. The molecular weight excluding hydrogens is 224 g/mol. The van der Waals surface area contributed by atoms with E-state index in [2.05, 4.69) is 47.3 Å². The molecule has 4 nitrogen and oxygen atoms in total. The summed E-state index contributed by atoms with van der Waals surface area (Å²) in [6.07, 6.45) is 0. The van der Waals surface area contributed by atoms with Crippen molar-refractivity contribution >= 4 is 0 Å². The summed E-state index contributed by atoms with van der Waals surface area (Å²) in [5, 5.41) is 11.8. The molecule has 1 rings (SSSR count). The summed E-state index contributed by atoms with van der Waals surface area (Å²) < 4.78 is 0. The molecular formula is C14H26N4. The summed E-state index contributed by atoms with van der Waals surface area (Å²) in [7, 11) is 0. The lowest BCUT2D eigenvalue weighted by molar-refractivity contribution is 0.270. The molecule has 0 fully saturated rings. The van der Waals surface area contributed by atoms with Gasteiger partial charge in [0.1, 0.15) is 0 Å². The summed E-state index contributed by atoms with van der Waals surface area (Å²) >= 11 is 0. The minimum Gasteiger partial charge on any atom is -0.309 e. The number of rotatable bonds is 7. The van der Waals surface area contributed by atoms with E-state index in [1.807, 2.05) is 13.8 Å². The number of nitrogens with one attached hydrogen (secondary N) is 1. The Bertz CT molecular complexity index is 361. The van der Waals surface area contributed by atoms with Gasteiger partial charge in [-0.3, -0.25) is 0 Å². The zero-order valence-corrected chi connectivity index (χ0v) is 12.3. The Labute approximate surface area is 111 Å². The van der Waals surface area contributed by atoms with E-state index in [1.54, 1.807) is 0 Å². The van der Waals surface area contributed by atoms with Crippen molar-refractivity contribution in [1.29, 1.82) is 0 Å². The van der Waals surface area contributed by atoms with Gasteiger partial charge in [0.15, 0.2) is 0 Å². The maximum Gasteiger partial charge on any atom is 0.0645 e. The van der Waals surface area contributed by atoms with Crippen LogP contribution in [-0.4, -0.2) is 40.8 Å². The van der Waals surface area contributed by atoms with Crippen LogP contribution in [0.1, 0.15) is 37.7 Å². The second-order valence-electron chi connectivity index (χ2n) is 4.86. The number of aryl methyl sites for hydroxylation is 2. The summed E-state index contributed by atoms with van der Waals surface area (Å²) in [5.74, 6) is 0. The van der Waals surface area contributed by atoms with Gasteiger partial charge in [-0.1, -0.05) is 13.8 Å². The molecule has 1 aromatic rings. The molecule has 0 amide bonds. The summed E-state index contributed by atoms with van der Waals surface area (Å²) in [4.78, 5) is 2.43. The first-order valence-corrected chi connectivity index (χ1v) is 6.82. The fraction of sp³-hybridized carbons (Fsp3) is 0.714. The average molecular weight is 250 g/mol. The molecule has 0 radical (unpaired) electrons. The van der Waals surface area contributed by atoms with Gasteiger partial charge < -0.3 is 10.2 Å². The highest BCUT2D eigenvalue weighted by Crippen LogP contribution is 2.05. The SMILES string of the molecule is CCN(CC)CC(C)NCc1cc(C)nnc1C. The molecule has 1 atom stereocenters. The number of hydrogen-bond donors (Lipinski definition) is 1. The monoisotopic (exact) mass is 250 g/mol. The molecule has 0 aliphatic heterocycles. The van der Waals surface area contributed by atoms with E-state index in [9.17, 15) is 0 Å². The fourth-order valence-electron chi connectivity index (χ4n) is 2.00. The van der Waals surface area contributed by atoms with Gasteiger partial charge in [-0.2, -0.15) is 10.2 Å². The molecule has 0 aliphatic rings. The molecule has 18 heavy (non-hydrogen) atoms. The maximum atomic E-state index is 4.15. The largest absolute Gasteiger partial charge is 0.309 e. The quantitative estimate of drug-likeness (QED) is 0.802. The van der Waals surface area contributed by atoms with Gasteiger partial charge in [0, 0.05) is 19.1 Å². The van der Waals surface area contributed by atoms with Crippen LogP contribution in [0.2, 0.25) is 0 Å². The fourth-order valence-corrected chi connectivity index (χ4v) is 2.00. The van der Waals surface area contributed by atoms with Gasteiger partial charge in [0.25, 0.3) is 0 Å². The van der Waals surface area contributed by atoms with E-state index >= 15 is 0 Å². The molecule has 0 spiro atoms. The topological polar surface area (TPSA) is 41.0 Å². The van der Waals surface area contributed by atoms with Crippen LogP contribution < -0.4 is 5.32 Å². The van der Waals surface area contributed by atoms with Crippen molar-refractivity contribution in [2.75, 3.05) is 19.6 Å². The van der Waals surface area contributed by atoms with Crippen molar-refractivity contribution in [3.63, 3.8) is 0 Å². The van der Waals surface area contributed by atoms with Gasteiger partial charge >= 0.3 is 0 Å². The molecule has 4 heteroatoms. The predicted molar refractivity (Wildman–Crippen MR) is 75.6 cm³/mol. The lowest BCUT2D eigenvalue weighted by atomic mass is 10.2. The molecule has 1 N–H and O–H groups in total. The highest BCUT2D eigenvalue weighted by atomic mass is 15.1. The van der Waals surface area contributed by atoms with E-state index in [-0.39, 0.29) is 0 Å². The summed E-state index contributed by atoms with van der Waals surface area (Å²) in [6.45, 7) is 14.8. The van der Waals surface area contributed by atoms with Crippen LogP contribution in [0.3, 0.4) is 0 Å². The third-order valence-electron chi connectivity index (χ3n) is 3.27. The third kappa shape index (κ3) is 4.70. The van der Waals surface area contributed by atoms with Gasteiger partial charge in [-0.25, -0.2) is 0 Å². The minimum absolute atomic E-state index is 0.484. The van der Waals surface area contributed by atoms with E-state index in [4.69, 9.17) is 0 Å². The van der Waals surface area contributed by atoms with Gasteiger partial charge in [0.2, 0.25) is 0 Å².